The van der Waals surface area contributed by atoms with E-state index in [1.807, 2.05) is 6.08 Å². The first-order chi connectivity index (χ1) is 18.8. The number of hydrogen-bond acceptors (Lipinski definition) is 9. The molecule has 0 radical (unpaired) electrons. The Balaban J connectivity index is 1.86. The predicted octanol–water partition coefficient (Wildman–Crippen LogP) is 5.34. The number of rotatable bonds is 4. The zero-order valence-electron chi connectivity index (χ0n) is 22.7. The Morgan fingerprint density at radius 3 is 2.31 bits per heavy atom. The Hall–Kier alpha value is -4.01. The quantitative estimate of drug-likeness (QED) is 0.406. The average Bonchev–Trinajstić information content (AvgIpc) is 2.90. The van der Waals surface area contributed by atoms with Gasteiger partial charge in [0.1, 0.15) is 22.8 Å². The molecule has 0 saturated heterocycles. The maximum Gasteiger partial charge on any atom is 0.342 e. The first-order valence-corrected chi connectivity index (χ1v) is 13.1. The SMILES string of the molecule is COc1cc(C2CC(=O)Oc3cc4c(c(O)c32)C(=O)OC(C)CCCC(=O)CCC/C=C/4)cc(OC)c1OC. The van der Waals surface area contributed by atoms with Gasteiger partial charge in [-0.05, 0) is 61.9 Å². The van der Waals surface area contributed by atoms with Gasteiger partial charge in [0.15, 0.2) is 11.5 Å². The van der Waals surface area contributed by atoms with Crippen molar-refractivity contribution in [3.8, 4) is 28.7 Å². The zero-order valence-corrected chi connectivity index (χ0v) is 22.7. The standard InChI is InChI=1S/C30H34O9/c1-17-9-8-12-20(31)11-7-5-6-10-18-13-22-27(28(33)26(18)30(34)38-17)21(16-25(32)39-22)19-14-23(35-2)29(37-4)24(15-19)36-3/h6,10,13-15,17,21,33H,5,7-9,11-12,16H2,1-4H3/b10-6+. The van der Waals surface area contributed by atoms with Crippen molar-refractivity contribution in [3.63, 3.8) is 0 Å². The van der Waals surface area contributed by atoms with E-state index in [1.165, 1.54) is 21.3 Å². The Morgan fingerprint density at radius 2 is 1.64 bits per heavy atom. The molecule has 0 amide bonds. The maximum absolute atomic E-state index is 13.4. The van der Waals surface area contributed by atoms with Gasteiger partial charge in [0, 0.05) is 24.3 Å². The molecule has 39 heavy (non-hydrogen) atoms. The lowest BCUT2D eigenvalue weighted by Crippen LogP contribution is -2.23. The molecule has 2 atom stereocenters. The molecule has 4 rings (SSSR count). The maximum atomic E-state index is 13.4. The third-order valence-corrected chi connectivity index (χ3v) is 7.07. The van der Waals surface area contributed by atoms with Crippen molar-refractivity contribution in [2.24, 2.45) is 0 Å². The lowest BCUT2D eigenvalue weighted by Gasteiger charge is -2.28. The molecule has 0 aromatic heterocycles. The van der Waals surface area contributed by atoms with Crippen LogP contribution < -0.4 is 18.9 Å². The normalized spacial score (nSPS) is 21.0. The molecule has 9 nitrogen and oxygen atoms in total. The first-order valence-electron chi connectivity index (χ1n) is 13.1. The van der Waals surface area contributed by atoms with Crippen LogP contribution in [0.3, 0.4) is 0 Å². The molecule has 2 unspecified atom stereocenters. The molecular formula is C30H34O9. The number of hydrogen-bond donors (Lipinski definition) is 1. The first kappa shape index (κ1) is 28.0. The van der Waals surface area contributed by atoms with Gasteiger partial charge >= 0.3 is 11.9 Å². The minimum Gasteiger partial charge on any atom is -0.507 e. The summed E-state index contributed by atoms with van der Waals surface area (Å²) in [6, 6.07) is 4.99. The van der Waals surface area contributed by atoms with Gasteiger partial charge in [-0.15, -0.1) is 0 Å². The fraction of sp³-hybridized carbons (Fsp3) is 0.433. The zero-order chi connectivity index (χ0) is 28.1. The number of phenols is 1. The van der Waals surface area contributed by atoms with Crippen LogP contribution in [-0.4, -0.2) is 50.3 Å². The van der Waals surface area contributed by atoms with E-state index in [0.717, 1.165) is 0 Å². The van der Waals surface area contributed by atoms with E-state index in [1.54, 1.807) is 31.2 Å². The van der Waals surface area contributed by atoms with Crippen LogP contribution in [0.25, 0.3) is 6.08 Å². The molecule has 208 valence electrons. The third-order valence-electron chi connectivity index (χ3n) is 7.07. The number of fused-ring (bicyclic) bond motifs is 2. The molecule has 0 aliphatic carbocycles. The summed E-state index contributed by atoms with van der Waals surface area (Å²) in [4.78, 5) is 38.2. The van der Waals surface area contributed by atoms with Crippen LogP contribution in [-0.2, 0) is 14.3 Å². The molecule has 2 aliphatic rings. The van der Waals surface area contributed by atoms with Gasteiger partial charge in [0.25, 0.3) is 0 Å². The highest BCUT2D eigenvalue weighted by molar-refractivity contribution is 5.98. The lowest BCUT2D eigenvalue weighted by atomic mass is 9.83. The van der Waals surface area contributed by atoms with Crippen LogP contribution in [0.2, 0.25) is 0 Å². The molecule has 2 heterocycles. The number of carbonyl (C=O) groups excluding carboxylic acids is 3. The van der Waals surface area contributed by atoms with Crippen molar-refractivity contribution in [2.75, 3.05) is 21.3 Å². The highest BCUT2D eigenvalue weighted by atomic mass is 16.5. The summed E-state index contributed by atoms with van der Waals surface area (Å²) >= 11 is 0. The van der Waals surface area contributed by atoms with Gasteiger partial charge < -0.3 is 28.8 Å². The molecule has 0 bridgehead atoms. The van der Waals surface area contributed by atoms with Crippen LogP contribution in [0.15, 0.2) is 24.3 Å². The van der Waals surface area contributed by atoms with Crippen molar-refractivity contribution < 1.29 is 43.2 Å². The summed E-state index contributed by atoms with van der Waals surface area (Å²) in [5, 5.41) is 11.6. The van der Waals surface area contributed by atoms with E-state index in [-0.39, 0.29) is 29.3 Å². The highest BCUT2D eigenvalue weighted by Gasteiger charge is 2.36. The van der Waals surface area contributed by atoms with E-state index in [9.17, 15) is 19.5 Å². The molecule has 0 saturated carbocycles. The number of esters is 2. The Kier molecular flexibility index (Phi) is 8.79. The van der Waals surface area contributed by atoms with Crippen molar-refractivity contribution in [3.05, 3.63) is 46.5 Å². The summed E-state index contributed by atoms with van der Waals surface area (Å²) in [5.74, 6) is -0.628. The second-order valence-electron chi connectivity index (χ2n) is 9.73. The van der Waals surface area contributed by atoms with Crippen molar-refractivity contribution in [1.29, 1.82) is 0 Å². The largest absolute Gasteiger partial charge is 0.507 e. The summed E-state index contributed by atoms with van der Waals surface area (Å²) in [7, 11) is 4.47. The number of aromatic hydroxyl groups is 1. The van der Waals surface area contributed by atoms with E-state index >= 15 is 0 Å². The summed E-state index contributed by atoms with van der Waals surface area (Å²) in [5.41, 5.74) is 1.28. The third kappa shape index (κ3) is 6.02. The second kappa shape index (κ2) is 12.2. The lowest BCUT2D eigenvalue weighted by molar-refractivity contribution is -0.135. The van der Waals surface area contributed by atoms with Crippen LogP contribution in [0.1, 0.15) is 84.8 Å². The molecule has 2 aromatic carbocycles. The minimum absolute atomic E-state index is 0.000349. The Morgan fingerprint density at radius 1 is 0.949 bits per heavy atom. The topological polar surface area (TPSA) is 118 Å². The second-order valence-corrected chi connectivity index (χ2v) is 9.73. The Labute approximate surface area is 227 Å². The molecule has 0 spiro atoms. The van der Waals surface area contributed by atoms with Crippen LogP contribution in [0.4, 0.5) is 0 Å². The number of methoxy groups -OCH3 is 3. The molecule has 9 heteroatoms. The van der Waals surface area contributed by atoms with E-state index in [2.05, 4.69) is 0 Å². The van der Waals surface area contributed by atoms with Gasteiger partial charge in [0.2, 0.25) is 5.75 Å². The molecule has 2 aliphatic heterocycles. The number of allylic oxidation sites excluding steroid dienone is 1. The summed E-state index contributed by atoms with van der Waals surface area (Å²) < 4.78 is 27.6. The number of ether oxygens (including phenoxy) is 5. The van der Waals surface area contributed by atoms with Crippen LogP contribution >= 0.6 is 0 Å². The number of carbonyl (C=O) groups is 3. The molecular weight excluding hydrogens is 504 g/mol. The van der Waals surface area contributed by atoms with Gasteiger partial charge in [0.05, 0.1) is 33.9 Å². The van der Waals surface area contributed by atoms with Crippen molar-refractivity contribution >= 4 is 23.8 Å². The number of Topliss-reactive ketones (excluding diaryl/α,β-unsaturated/α-hetero) is 1. The van der Waals surface area contributed by atoms with Gasteiger partial charge in [-0.2, -0.15) is 0 Å². The predicted molar refractivity (Wildman–Crippen MR) is 143 cm³/mol. The van der Waals surface area contributed by atoms with Crippen LogP contribution in [0, 0.1) is 0 Å². The van der Waals surface area contributed by atoms with Crippen LogP contribution in [0.5, 0.6) is 28.7 Å². The number of phenolic OH excluding ortho intramolecular Hbond substituents is 1. The van der Waals surface area contributed by atoms with Gasteiger partial charge in [-0.25, -0.2) is 4.79 Å². The van der Waals surface area contributed by atoms with Crippen molar-refractivity contribution in [1.82, 2.24) is 0 Å². The Bertz CT molecular complexity index is 1270. The minimum atomic E-state index is -0.689. The molecule has 0 fully saturated rings. The van der Waals surface area contributed by atoms with Crippen molar-refractivity contribution in [2.45, 2.75) is 63.9 Å². The highest BCUT2D eigenvalue weighted by Crippen LogP contribution is 2.49. The smallest absolute Gasteiger partial charge is 0.342 e. The summed E-state index contributed by atoms with van der Waals surface area (Å²) in [6.07, 6.45) is 6.36. The van der Waals surface area contributed by atoms with Gasteiger partial charge in [-0.3, -0.25) is 9.59 Å². The number of benzene rings is 2. The monoisotopic (exact) mass is 538 g/mol. The average molecular weight is 539 g/mol. The van der Waals surface area contributed by atoms with E-state index in [0.29, 0.717) is 72.5 Å². The number of cyclic esters (lactones) is 1. The van der Waals surface area contributed by atoms with E-state index in [4.69, 9.17) is 23.7 Å². The summed E-state index contributed by atoms with van der Waals surface area (Å²) in [6.45, 7) is 1.76. The van der Waals surface area contributed by atoms with Gasteiger partial charge in [-0.1, -0.05) is 12.2 Å². The fourth-order valence-electron chi connectivity index (χ4n) is 5.11. The number of ketones is 1. The molecule has 2 aromatic rings. The van der Waals surface area contributed by atoms with E-state index < -0.39 is 24.0 Å². The fourth-order valence-corrected chi connectivity index (χ4v) is 5.11. The molecule has 1 N–H and O–H groups in total.